The largest absolute Gasteiger partial charge is 0.487 e. The number of pyridine rings is 1. The van der Waals surface area contributed by atoms with E-state index < -0.39 is 23.2 Å². The number of alkyl carbamates (subject to hydrolysis) is 1. The predicted molar refractivity (Wildman–Crippen MR) is 131 cm³/mol. The maximum atomic E-state index is 13.0. The summed E-state index contributed by atoms with van der Waals surface area (Å²) in [6.45, 7) is 9.06. The van der Waals surface area contributed by atoms with Gasteiger partial charge in [0.15, 0.2) is 5.75 Å². The van der Waals surface area contributed by atoms with Crippen LogP contribution in [0, 0.1) is 5.92 Å². The molecule has 0 bridgehead atoms. The molecule has 1 saturated heterocycles. The van der Waals surface area contributed by atoms with Crippen LogP contribution in [0.2, 0.25) is 0 Å². The highest BCUT2D eigenvalue weighted by molar-refractivity contribution is 6.03. The number of carboxylic acid groups (broad SMARTS) is 1. The quantitative estimate of drug-likeness (QED) is 0.563. The lowest BCUT2D eigenvalue weighted by Gasteiger charge is -2.32. The second kappa shape index (κ2) is 7.79. The van der Waals surface area contributed by atoms with Crippen molar-refractivity contribution >= 4 is 34.3 Å². The van der Waals surface area contributed by atoms with E-state index in [2.05, 4.69) is 10.2 Å². The van der Waals surface area contributed by atoms with E-state index in [0.29, 0.717) is 28.9 Å². The molecule has 2 aromatic rings. The summed E-state index contributed by atoms with van der Waals surface area (Å²) in [7, 11) is 0. The number of carbonyl (C=O) groups excluding carboxylic acids is 1. The number of carboxylic acids is 1. The molecule has 2 aliphatic heterocycles. The fourth-order valence-electron chi connectivity index (χ4n) is 5.44. The lowest BCUT2D eigenvalue weighted by molar-refractivity contribution is 0.0477. The molecule has 1 saturated carbocycles. The first-order chi connectivity index (χ1) is 16.4. The van der Waals surface area contributed by atoms with Gasteiger partial charge >= 0.3 is 12.1 Å². The number of ether oxygens (including phenoxy) is 2. The highest BCUT2D eigenvalue weighted by atomic mass is 16.6. The summed E-state index contributed by atoms with van der Waals surface area (Å²) in [4.78, 5) is 39.3. The number of benzene rings is 1. The number of nitrogens with two attached hydrogens (primary N) is 1. The molecule has 4 N–H and O–H groups in total. The first-order valence-electron chi connectivity index (χ1n) is 12.0. The van der Waals surface area contributed by atoms with Crippen LogP contribution in [-0.2, 0) is 4.74 Å². The number of nitrogen functional groups attached to an aromatic ring is 1. The van der Waals surface area contributed by atoms with Crippen LogP contribution in [-0.4, -0.2) is 52.6 Å². The average molecular weight is 485 g/mol. The molecule has 10 heteroatoms. The Morgan fingerprint density at radius 1 is 1.29 bits per heavy atom. The summed E-state index contributed by atoms with van der Waals surface area (Å²) in [6.07, 6.45) is 2.30. The van der Waals surface area contributed by atoms with E-state index in [1.54, 1.807) is 6.07 Å². The molecule has 3 heterocycles. The van der Waals surface area contributed by atoms with Crippen molar-refractivity contribution in [2.75, 3.05) is 30.3 Å². The summed E-state index contributed by atoms with van der Waals surface area (Å²) >= 11 is 0. The molecule has 1 amide bonds. The number of hydrogen-bond donors (Lipinski definition) is 3. The van der Waals surface area contributed by atoms with Crippen molar-refractivity contribution in [1.82, 2.24) is 9.88 Å². The monoisotopic (exact) mass is 484 g/mol. The predicted octanol–water partition coefficient (Wildman–Crippen LogP) is 3.12. The van der Waals surface area contributed by atoms with E-state index in [1.165, 1.54) is 10.6 Å². The Morgan fingerprint density at radius 2 is 2.00 bits per heavy atom. The van der Waals surface area contributed by atoms with Gasteiger partial charge in [0.2, 0.25) is 0 Å². The van der Waals surface area contributed by atoms with E-state index in [4.69, 9.17) is 15.2 Å². The summed E-state index contributed by atoms with van der Waals surface area (Å²) in [5, 5.41) is 13.1. The molecule has 35 heavy (non-hydrogen) atoms. The Labute approximate surface area is 203 Å². The third-order valence-electron chi connectivity index (χ3n) is 7.27. The van der Waals surface area contributed by atoms with E-state index in [0.717, 1.165) is 31.5 Å². The van der Waals surface area contributed by atoms with Gasteiger partial charge in [-0.3, -0.25) is 9.36 Å². The van der Waals surface area contributed by atoms with Crippen molar-refractivity contribution in [2.45, 2.75) is 64.1 Å². The topological polar surface area (TPSA) is 136 Å². The Bertz CT molecular complexity index is 1290. The van der Waals surface area contributed by atoms with Crippen LogP contribution in [0.4, 0.5) is 16.2 Å². The van der Waals surface area contributed by atoms with E-state index in [-0.39, 0.29) is 29.7 Å². The number of nitrogens with one attached hydrogen (secondary N) is 1. The highest BCUT2D eigenvalue weighted by Crippen LogP contribution is 2.49. The van der Waals surface area contributed by atoms with Crippen molar-refractivity contribution in [2.24, 2.45) is 5.92 Å². The molecule has 10 nitrogen and oxygen atoms in total. The van der Waals surface area contributed by atoms with Crippen LogP contribution >= 0.6 is 0 Å². The van der Waals surface area contributed by atoms with Crippen LogP contribution in [0.25, 0.3) is 10.9 Å². The molecular formula is C25H32N4O6. The number of aromatic nitrogens is 1. The van der Waals surface area contributed by atoms with Gasteiger partial charge in [0.05, 0.1) is 17.2 Å². The first-order valence-corrected chi connectivity index (χ1v) is 12.0. The average Bonchev–Trinajstić information content (AvgIpc) is 3.34. The second-order valence-corrected chi connectivity index (χ2v) is 11.0. The van der Waals surface area contributed by atoms with Gasteiger partial charge in [-0.05, 0) is 59.1 Å². The molecular weight excluding hydrogens is 452 g/mol. The Balaban J connectivity index is 1.48. The Kier molecular flexibility index (Phi) is 5.19. The van der Waals surface area contributed by atoms with Gasteiger partial charge in [0, 0.05) is 35.6 Å². The summed E-state index contributed by atoms with van der Waals surface area (Å²) in [6, 6.07) is 2.82. The molecule has 1 aromatic carbocycles. The second-order valence-electron chi connectivity index (χ2n) is 11.0. The standard InChI is InChI=1S/C25H32N4O6/c1-13-12-34-20-18(10-17(26)15-9-16(22(31)32)21(30)29(13)19(15)20)28-8-5-14(11-28)25(6-7-25)27-23(33)35-24(2,3)4/h9-10,13-14H,5-8,11-12,26H2,1-4H3,(H,27,33)(H,31,32)/t13-,14+/m0/s1. The first kappa shape index (κ1) is 23.3. The zero-order valence-corrected chi connectivity index (χ0v) is 20.5. The van der Waals surface area contributed by atoms with E-state index >= 15 is 0 Å². The highest BCUT2D eigenvalue weighted by Gasteiger charge is 2.53. The van der Waals surface area contributed by atoms with Gasteiger partial charge in [0.1, 0.15) is 17.8 Å². The molecule has 2 fully saturated rings. The van der Waals surface area contributed by atoms with E-state index in [9.17, 15) is 19.5 Å². The molecule has 5 rings (SSSR count). The number of amides is 1. The fraction of sp³-hybridized carbons (Fsp3) is 0.560. The maximum Gasteiger partial charge on any atom is 0.408 e. The SMILES string of the molecule is C[C@H]1COc2c(N3CC[C@@H](C4(NC(=O)OC(C)(C)C)CC4)C3)cc(N)c3cc(C(=O)O)c(=O)n1c23. The van der Waals surface area contributed by atoms with Crippen molar-refractivity contribution in [3.8, 4) is 5.75 Å². The third-order valence-corrected chi connectivity index (χ3v) is 7.27. The molecule has 0 spiro atoms. The zero-order chi connectivity index (χ0) is 25.3. The summed E-state index contributed by atoms with van der Waals surface area (Å²) in [5.74, 6) is -0.496. The third kappa shape index (κ3) is 3.94. The smallest absolute Gasteiger partial charge is 0.408 e. The number of rotatable bonds is 4. The van der Waals surface area contributed by atoms with Crippen molar-refractivity contribution in [1.29, 1.82) is 0 Å². The lowest BCUT2D eigenvalue weighted by atomic mass is 9.96. The van der Waals surface area contributed by atoms with Crippen LogP contribution in [0.3, 0.4) is 0 Å². The van der Waals surface area contributed by atoms with Crippen LogP contribution in [0.1, 0.15) is 63.4 Å². The number of hydrogen-bond acceptors (Lipinski definition) is 7. The summed E-state index contributed by atoms with van der Waals surface area (Å²) < 4.78 is 13.1. The number of carbonyl (C=O) groups is 2. The van der Waals surface area contributed by atoms with Gasteiger partial charge in [0.25, 0.3) is 5.56 Å². The minimum Gasteiger partial charge on any atom is -0.487 e. The normalized spacial score (nSPS) is 22.6. The molecule has 3 aliphatic rings. The zero-order valence-electron chi connectivity index (χ0n) is 20.5. The lowest BCUT2D eigenvalue weighted by Crippen LogP contribution is -2.45. The molecule has 188 valence electrons. The molecule has 1 aliphatic carbocycles. The molecule has 0 radical (unpaired) electrons. The number of aromatic carboxylic acids is 1. The van der Waals surface area contributed by atoms with Crippen molar-refractivity contribution < 1.29 is 24.2 Å². The van der Waals surface area contributed by atoms with Gasteiger partial charge in [-0.25, -0.2) is 9.59 Å². The fourth-order valence-corrected chi connectivity index (χ4v) is 5.44. The Morgan fingerprint density at radius 3 is 2.63 bits per heavy atom. The Hall–Kier alpha value is -3.43. The van der Waals surface area contributed by atoms with Crippen molar-refractivity contribution in [3.05, 3.63) is 28.0 Å². The molecule has 0 unspecified atom stereocenters. The van der Waals surface area contributed by atoms with Crippen LogP contribution < -0.4 is 26.2 Å². The van der Waals surface area contributed by atoms with Crippen LogP contribution in [0.15, 0.2) is 16.9 Å². The van der Waals surface area contributed by atoms with Crippen LogP contribution in [0.5, 0.6) is 5.75 Å². The van der Waals surface area contributed by atoms with Crippen molar-refractivity contribution in [3.63, 3.8) is 0 Å². The number of anilines is 2. The van der Waals surface area contributed by atoms with E-state index in [1.807, 2.05) is 27.7 Å². The minimum absolute atomic E-state index is 0.234. The summed E-state index contributed by atoms with van der Waals surface area (Å²) in [5.41, 5.74) is 6.42. The number of nitrogens with zero attached hydrogens (tertiary/aromatic N) is 2. The van der Waals surface area contributed by atoms with Gasteiger partial charge < -0.3 is 30.5 Å². The van der Waals surface area contributed by atoms with Gasteiger partial charge in [-0.2, -0.15) is 0 Å². The van der Waals surface area contributed by atoms with Gasteiger partial charge in [-0.15, -0.1) is 0 Å². The molecule has 2 atom stereocenters. The van der Waals surface area contributed by atoms with Gasteiger partial charge in [-0.1, -0.05) is 0 Å². The maximum absolute atomic E-state index is 13.0. The molecule has 1 aromatic heterocycles. The minimum atomic E-state index is -1.28.